The summed E-state index contributed by atoms with van der Waals surface area (Å²) in [5, 5.41) is 11.9. The van der Waals surface area contributed by atoms with Crippen LogP contribution in [0.1, 0.15) is 33.7 Å². The van der Waals surface area contributed by atoms with Gasteiger partial charge in [0.2, 0.25) is 0 Å². The number of amides is 2. The van der Waals surface area contributed by atoms with Crippen molar-refractivity contribution < 1.29 is 36.3 Å². The lowest BCUT2D eigenvalue weighted by atomic mass is 10.2. The van der Waals surface area contributed by atoms with E-state index in [0.29, 0.717) is 0 Å². The van der Waals surface area contributed by atoms with E-state index in [9.17, 15) is 36.3 Å². The minimum absolute atomic E-state index is 0.0207. The number of anilines is 1. The second-order valence-electron chi connectivity index (χ2n) is 9.01. The zero-order valence-electron chi connectivity index (χ0n) is 22.1. The number of carbonyl (C=O) groups is 2. The highest BCUT2D eigenvalue weighted by atomic mass is 19.4. The summed E-state index contributed by atoms with van der Waals surface area (Å²) in [4.78, 5) is 44.0. The SMILES string of the molecule is O=C(Nc1ccn(CCC(F)Cn2cc(C(=O)NCc3cc(C(F)(F)F)ccn3)nn2)c(=O)n1)OCc1ccccc1F. The number of nitrogens with zero attached hydrogens (tertiary/aromatic N) is 6. The fraction of sp³-hybridized carbons (Fsp3) is 0.269. The highest BCUT2D eigenvalue weighted by molar-refractivity contribution is 5.91. The van der Waals surface area contributed by atoms with Crippen molar-refractivity contribution >= 4 is 17.8 Å². The molecule has 2 amide bonds. The topological polar surface area (TPSA) is 146 Å². The lowest BCUT2D eigenvalue weighted by Crippen LogP contribution is -2.26. The first kappa shape index (κ1) is 30.7. The molecule has 0 bridgehead atoms. The number of aryl methyl sites for hydroxylation is 1. The van der Waals surface area contributed by atoms with Crippen molar-refractivity contribution in [2.24, 2.45) is 0 Å². The third-order valence-electron chi connectivity index (χ3n) is 5.83. The van der Waals surface area contributed by atoms with E-state index in [1.807, 2.05) is 0 Å². The van der Waals surface area contributed by atoms with Crippen LogP contribution in [-0.2, 0) is 37.2 Å². The fourth-order valence-corrected chi connectivity index (χ4v) is 3.65. The van der Waals surface area contributed by atoms with Crippen LogP contribution in [-0.4, -0.2) is 47.7 Å². The molecule has 0 aliphatic heterocycles. The van der Waals surface area contributed by atoms with E-state index < -0.39 is 41.4 Å². The maximum atomic E-state index is 14.6. The van der Waals surface area contributed by atoms with Crippen molar-refractivity contribution in [2.45, 2.75) is 45.0 Å². The van der Waals surface area contributed by atoms with Crippen molar-refractivity contribution in [2.75, 3.05) is 5.32 Å². The monoisotopic (exact) mass is 606 g/mol. The summed E-state index contributed by atoms with van der Waals surface area (Å²) in [5.74, 6) is -1.40. The van der Waals surface area contributed by atoms with E-state index in [1.165, 1.54) is 36.7 Å². The number of rotatable bonds is 11. The summed E-state index contributed by atoms with van der Waals surface area (Å²) in [6.45, 7) is -1.00. The quantitative estimate of drug-likeness (QED) is 0.247. The minimum Gasteiger partial charge on any atom is -0.444 e. The van der Waals surface area contributed by atoms with Gasteiger partial charge in [0.05, 0.1) is 30.5 Å². The van der Waals surface area contributed by atoms with Gasteiger partial charge < -0.3 is 10.1 Å². The normalized spacial score (nSPS) is 12.0. The number of hydrogen-bond acceptors (Lipinski definition) is 8. The number of pyridine rings is 1. The molecule has 1 unspecified atom stereocenters. The first-order valence-electron chi connectivity index (χ1n) is 12.6. The third-order valence-corrected chi connectivity index (χ3v) is 5.83. The highest BCUT2D eigenvalue weighted by Gasteiger charge is 2.30. The molecule has 226 valence electrons. The van der Waals surface area contributed by atoms with Gasteiger partial charge in [-0.2, -0.15) is 18.2 Å². The molecule has 12 nitrogen and oxygen atoms in total. The molecule has 0 aliphatic rings. The van der Waals surface area contributed by atoms with Gasteiger partial charge in [0.25, 0.3) is 5.91 Å². The van der Waals surface area contributed by atoms with Crippen molar-refractivity contribution in [3.05, 3.63) is 99.9 Å². The number of ether oxygens (including phenoxy) is 1. The van der Waals surface area contributed by atoms with Crippen LogP contribution in [0.15, 0.2) is 65.8 Å². The van der Waals surface area contributed by atoms with Crippen molar-refractivity contribution in [1.82, 2.24) is 34.8 Å². The summed E-state index contributed by atoms with van der Waals surface area (Å²) < 4.78 is 73.8. The van der Waals surface area contributed by atoms with Crippen LogP contribution >= 0.6 is 0 Å². The second kappa shape index (κ2) is 13.6. The summed E-state index contributed by atoms with van der Waals surface area (Å²) in [6.07, 6.45) is -3.71. The second-order valence-corrected chi connectivity index (χ2v) is 9.01. The fourth-order valence-electron chi connectivity index (χ4n) is 3.65. The van der Waals surface area contributed by atoms with Crippen LogP contribution in [0.3, 0.4) is 0 Å². The summed E-state index contributed by atoms with van der Waals surface area (Å²) >= 11 is 0. The molecule has 0 saturated carbocycles. The predicted octanol–water partition coefficient (Wildman–Crippen LogP) is 3.49. The van der Waals surface area contributed by atoms with E-state index >= 15 is 0 Å². The average Bonchev–Trinajstić information content (AvgIpc) is 3.43. The molecule has 1 atom stereocenters. The van der Waals surface area contributed by atoms with Crippen molar-refractivity contribution in [3.8, 4) is 0 Å². The molecule has 0 saturated heterocycles. The minimum atomic E-state index is -4.56. The molecule has 0 aliphatic carbocycles. The predicted molar refractivity (Wildman–Crippen MR) is 139 cm³/mol. The molecule has 2 N–H and O–H groups in total. The van der Waals surface area contributed by atoms with E-state index in [1.54, 1.807) is 6.07 Å². The van der Waals surface area contributed by atoms with Gasteiger partial charge in [0, 0.05) is 24.5 Å². The number of carbonyl (C=O) groups excluding carboxylic acids is 2. The largest absolute Gasteiger partial charge is 0.444 e. The molecule has 43 heavy (non-hydrogen) atoms. The van der Waals surface area contributed by atoms with Gasteiger partial charge in [-0.25, -0.2) is 23.1 Å². The van der Waals surface area contributed by atoms with Crippen LogP contribution in [0.2, 0.25) is 0 Å². The molecular weight excluding hydrogens is 583 g/mol. The lowest BCUT2D eigenvalue weighted by Gasteiger charge is -2.10. The molecule has 0 radical (unpaired) electrons. The van der Waals surface area contributed by atoms with E-state index in [0.717, 1.165) is 27.6 Å². The Labute approximate surface area is 239 Å². The zero-order valence-corrected chi connectivity index (χ0v) is 22.1. The van der Waals surface area contributed by atoms with E-state index in [4.69, 9.17) is 4.74 Å². The van der Waals surface area contributed by atoms with Crippen LogP contribution in [0.5, 0.6) is 0 Å². The Kier molecular flexibility index (Phi) is 9.74. The molecule has 0 spiro atoms. The number of aromatic nitrogens is 6. The van der Waals surface area contributed by atoms with Gasteiger partial charge in [0.1, 0.15) is 24.4 Å². The average molecular weight is 607 g/mol. The lowest BCUT2D eigenvalue weighted by molar-refractivity contribution is -0.137. The standard InChI is InChI=1S/C26H23F5N8O4/c27-18(13-39-14-21(36-37-39)23(40)33-12-19-11-17(5-8-32-19)26(29,30)31)6-9-38-10-7-22(34-24(38)41)35-25(42)43-15-16-3-1-2-4-20(16)28/h1-5,7-8,10-11,14,18H,6,9,12-13,15H2,(H,33,40)(H,34,35,41,42). The first-order chi connectivity index (χ1) is 20.5. The van der Waals surface area contributed by atoms with E-state index in [2.05, 4.69) is 30.9 Å². The Balaban J connectivity index is 1.22. The summed E-state index contributed by atoms with van der Waals surface area (Å²) in [5.41, 5.74) is -1.72. The summed E-state index contributed by atoms with van der Waals surface area (Å²) in [6, 6.07) is 8.66. The Morgan fingerprint density at radius 2 is 1.91 bits per heavy atom. The molecule has 4 rings (SSSR count). The highest BCUT2D eigenvalue weighted by Crippen LogP contribution is 2.29. The molecule has 4 aromatic rings. The maximum absolute atomic E-state index is 14.6. The van der Waals surface area contributed by atoms with Crippen LogP contribution in [0, 0.1) is 5.82 Å². The van der Waals surface area contributed by atoms with Gasteiger partial charge >= 0.3 is 18.0 Å². The van der Waals surface area contributed by atoms with Gasteiger partial charge in [-0.15, -0.1) is 5.10 Å². The van der Waals surface area contributed by atoms with Crippen LogP contribution in [0.4, 0.5) is 32.6 Å². The maximum Gasteiger partial charge on any atom is 0.416 e. The van der Waals surface area contributed by atoms with E-state index in [-0.39, 0.29) is 55.4 Å². The van der Waals surface area contributed by atoms with Crippen LogP contribution in [0.25, 0.3) is 0 Å². The Morgan fingerprint density at radius 1 is 1.12 bits per heavy atom. The first-order valence-corrected chi connectivity index (χ1v) is 12.6. The number of hydrogen-bond donors (Lipinski definition) is 2. The van der Waals surface area contributed by atoms with Gasteiger partial charge in [-0.1, -0.05) is 23.4 Å². The third kappa shape index (κ3) is 8.88. The molecule has 3 heterocycles. The van der Waals surface area contributed by atoms with Gasteiger partial charge in [0.15, 0.2) is 5.69 Å². The molecular formula is C26H23F5N8O4. The Hall–Kier alpha value is -5.22. The van der Waals surface area contributed by atoms with Gasteiger partial charge in [-0.3, -0.25) is 19.7 Å². The Morgan fingerprint density at radius 3 is 2.65 bits per heavy atom. The zero-order chi connectivity index (χ0) is 31.0. The Bertz CT molecular complexity index is 1640. The van der Waals surface area contributed by atoms with Crippen molar-refractivity contribution in [1.29, 1.82) is 0 Å². The molecule has 1 aromatic carbocycles. The molecule has 3 aromatic heterocycles. The molecule has 17 heteroatoms. The summed E-state index contributed by atoms with van der Waals surface area (Å²) in [7, 11) is 0. The molecule has 0 fully saturated rings. The number of alkyl halides is 4. The number of halogens is 5. The van der Waals surface area contributed by atoms with Crippen LogP contribution < -0.4 is 16.3 Å². The number of nitrogens with one attached hydrogen (secondary N) is 2. The number of benzene rings is 1. The van der Waals surface area contributed by atoms with Crippen molar-refractivity contribution in [3.63, 3.8) is 0 Å². The smallest absolute Gasteiger partial charge is 0.416 e. The van der Waals surface area contributed by atoms with Gasteiger partial charge in [-0.05, 0) is 30.7 Å².